The normalized spacial score (nSPS) is 11.7. The molecule has 0 spiro atoms. The summed E-state index contributed by atoms with van der Waals surface area (Å²) in [5.41, 5.74) is 0.173. The van der Waals surface area contributed by atoms with Gasteiger partial charge in [0.15, 0.2) is 0 Å². The zero-order valence-corrected chi connectivity index (χ0v) is 9.97. The highest BCUT2D eigenvalue weighted by Crippen LogP contribution is 2.25. The summed E-state index contributed by atoms with van der Waals surface area (Å²) in [5.74, 6) is 1.10. The Hall–Kier alpha value is -1.88. The van der Waals surface area contributed by atoms with Gasteiger partial charge in [-0.15, -0.1) is 0 Å². The van der Waals surface area contributed by atoms with Gasteiger partial charge < -0.3 is 14.4 Å². The van der Waals surface area contributed by atoms with Gasteiger partial charge in [0.1, 0.15) is 11.4 Å². The van der Waals surface area contributed by atoms with Crippen LogP contribution in [0.2, 0.25) is 0 Å². The second-order valence-corrected chi connectivity index (χ2v) is 4.18. The Kier molecular flexibility index (Phi) is 2.85. The molecule has 5 heteroatoms. The molecule has 5 nitrogen and oxygen atoms in total. The van der Waals surface area contributed by atoms with Gasteiger partial charge >= 0.3 is 0 Å². The molecular weight excluding hydrogens is 220 g/mol. The van der Waals surface area contributed by atoms with E-state index in [9.17, 15) is 5.11 Å². The Bertz CT molecular complexity index is 503. The third-order valence-corrected chi connectivity index (χ3v) is 2.59. The van der Waals surface area contributed by atoms with Gasteiger partial charge in [-0.1, -0.05) is 5.16 Å². The van der Waals surface area contributed by atoms with Crippen molar-refractivity contribution in [3.8, 4) is 17.2 Å². The Labute approximate surface area is 99.0 Å². The predicted molar refractivity (Wildman–Crippen MR) is 61.4 cm³/mol. The lowest BCUT2D eigenvalue weighted by atomic mass is 10.1. The van der Waals surface area contributed by atoms with Crippen molar-refractivity contribution in [2.75, 3.05) is 7.11 Å². The van der Waals surface area contributed by atoms with Gasteiger partial charge in [-0.05, 0) is 38.1 Å². The van der Waals surface area contributed by atoms with E-state index in [0.717, 1.165) is 5.56 Å². The number of hydrogen-bond acceptors (Lipinski definition) is 5. The van der Waals surface area contributed by atoms with Gasteiger partial charge in [-0.3, -0.25) is 0 Å². The van der Waals surface area contributed by atoms with Crippen LogP contribution in [0.5, 0.6) is 5.75 Å². The first-order chi connectivity index (χ1) is 8.03. The molecule has 0 saturated heterocycles. The van der Waals surface area contributed by atoms with Gasteiger partial charge in [0.05, 0.1) is 0 Å². The van der Waals surface area contributed by atoms with E-state index in [1.807, 2.05) is 13.8 Å². The second-order valence-electron chi connectivity index (χ2n) is 4.18. The smallest absolute Gasteiger partial charge is 0.258 e. The van der Waals surface area contributed by atoms with E-state index in [2.05, 4.69) is 10.1 Å². The summed E-state index contributed by atoms with van der Waals surface area (Å²) >= 11 is 0. The lowest BCUT2D eigenvalue weighted by Gasteiger charge is -2.17. The van der Waals surface area contributed by atoms with Crippen LogP contribution in [0.3, 0.4) is 0 Å². The third kappa shape index (κ3) is 2.29. The monoisotopic (exact) mass is 234 g/mol. The summed E-state index contributed by atoms with van der Waals surface area (Å²) in [6.07, 6.45) is 0. The summed E-state index contributed by atoms with van der Waals surface area (Å²) in [7, 11) is 1.59. The van der Waals surface area contributed by atoms with Crippen LogP contribution in [-0.4, -0.2) is 22.4 Å². The van der Waals surface area contributed by atoms with Crippen LogP contribution in [0, 0.1) is 0 Å². The van der Waals surface area contributed by atoms with Crippen LogP contribution in [0.25, 0.3) is 11.5 Å². The molecule has 0 amide bonds. The highest BCUT2D eigenvalue weighted by Gasteiger charge is 2.26. The Morgan fingerprint density at radius 3 is 2.47 bits per heavy atom. The van der Waals surface area contributed by atoms with Crippen molar-refractivity contribution in [3.05, 3.63) is 30.1 Å². The molecule has 0 atom stereocenters. The molecule has 0 fully saturated rings. The molecule has 1 aromatic carbocycles. The molecule has 0 aliphatic rings. The molecule has 0 bridgehead atoms. The van der Waals surface area contributed by atoms with Crippen LogP contribution in [0.1, 0.15) is 19.7 Å². The number of nitrogens with zero attached hydrogens (tertiary/aromatic N) is 2. The summed E-state index contributed by atoms with van der Waals surface area (Å²) < 4.78 is 10.4. The number of phenols is 1. The third-order valence-electron chi connectivity index (χ3n) is 2.59. The maximum absolute atomic E-state index is 9.19. The average Bonchev–Trinajstić information content (AvgIpc) is 2.80. The summed E-state index contributed by atoms with van der Waals surface area (Å²) in [4.78, 5) is 4.27. The van der Waals surface area contributed by atoms with Gasteiger partial charge in [0.2, 0.25) is 5.82 Å². The molecule has 1 heterocycles. The molecule has 2 aromatic rings. The van der Waals surface area contributed by atoms with Gasteiger partial charge in [0, 0.05) is 12.7 Å². The molecular formula is C12H14N2O3. The topological polar surface area (TPSA) is 68.4 Å². The molecule has 1 aromatic heterocycles. The van der Waals surface area contributed by atoms with Gasteiger partial charge in [-0.2, -0.15) is 4.98 Å². The summed E-state index contributed by atoms with van der Waals surface area (Å²) in [5, 5.41) is 13.1. The first kappa shape index (κ1) is 11.6. The fraction of sp³-hybridized carbons (Fsp3) is 0.333. The quantitative estimate of drug-likeness (QED) is 0.882. The number of ether oxygens (including phenoxy) is 1. The maximum Gasteiger partial charge on any atom is 0.258 e. The SMILES string of the molecule is COC(C)(C)c1noc(-c2ccc(O)cc2)n1. The number of aromatic hydroxyl groups is 1. The first-order valence-corrected chi connectivity index (χ1v) is 5.21. The van der Waals surface area contributed by atoms with Crippen molar-refractivity contribution in [2.24, 2.45) is 0 Å². The van der Waals surface area contributed by atoms with E-state index in [1.54, 1.807) is 31.4 Å². The molecule has 1 N–H and O–H groups in total. The molecule has 0 aliphatic heterocycles. The van der Waals surface area contributed by atoms with Crippen molar-refractivity contribution in [1.82, 2.24) is 10.1 Å². The van der Waals surface area contributed by atoms with Crippen molar-refractivity contribution < 1.29 is 14.4 Å². The zero-order chi connectivity index (χ0) is 12.5. The minimum Gasteiger partial charge on any atom is -0.508 e. The number of benzene rings is 1. The average molecular weight is 234 g/mol. The summed E-state index contributed by atoms with van der Waals surface area (Å²) in [6, 6.07) is 6.57. The molecule has 0 aliphatic carbocycles. The Balaban J connectivity index is 2.33. The van der Waals surface area contributed by atoms with Crippen LogP contribution in [0.4, 0.5) is 0 Å². The Morgan fingerprint density at radius 2 is 1.88 bits per heavy atom. The lowest BCUT2D eigenvalue weighted by molar-refractivity contribution is 0.00973. The van der Waals surface area contributed by atoms with Gasteiger partial charge in [0.25, 0.3) is 5.89 Å². The zero-order valence-electron chi connectivity index (χ0n) is 9.97. The molecule has 0 saturated carbocycles. The molecule has 17 heavy (non-hydrogen) atoms. The van der Waals surface area contributed by atoms with Gasteiger partial charge in [-0.25, -0.2) is 0 Å². The fourth-order valence-electron chi connectivity index (χ4n) is 1.28. The number of rotatable bonds is 3. The van der Waals surface area contributed by atoms with Crippen LogP contribution in [-0.2, 0) is 10.3 Å². The van der Waals surface area contributed by atoms with Crippen LogP contribution >= 0.6 is 0 Å². The standard InChI is InChI=1S/C12H14N2O3/c1-12(2,16-3)11-13-10(17-14-11)8-4-6-9(15)7-5-8/h4-7,15H,1-3H3. The molecule has 0 unspecified atom stereocenters. The number of aromatic nitrogens is 2. The van der Waals surface area contributed by atoms with E-state index in [-0.39, 0.29) is 5.75 Å². The maximum atomic E-state index is 9.19. The highest BCUT2D eigenvalue weighted by atomic mass is 16.5. The van der Waals surface area contributed by atoms with E-state index in [1.165, 1.54) is 0 Å². The first-order valence-electron chi connectivity index (χ1n) is 5.21. The van der Waals surface area contributed by atoms with Crippen molar-refractivity contribution in [2.45, 2.75) is 19.4 Å². The van der Waals surface area contributed by atoms with Crippen LogP contribution in [0.15, 0.2) is 28.8 Å². The van der Waals surface area contributed by atoms with E-state index >= 15 is 0 Å². The molecule has 0 radical (unpaired) electrons. The minimum absolute atomic E-state index is 0.200. The highest BCUT2D eigenvalue weighted by molar-refractivity contribution is 5.54. The van der Waals surface area contributed by atoms with E-state index in [0.29, 0.717) is 11.7 Å². The van der Waals surface area contributed by atoms with E-state index < -0.39 is 5.60 Å². The van der Waals surface area contributed by atoms with Crippen molar-refractivity contribution in [3.63, 3.8) is 0 Å². The summed E-state index contributed by atoms with van der Waals surface area (Å²) in [6.45, 7) is 3.72. The lowest BCUT2D eigenvalue weighted by Crippen LogP contribution is -2.21. The van der Waals surface area contributed by atoms with Crippen molar-refractivity contribution >= 4 is 0 Å². The van der Waals surface area contributed by atoms with Crippen molar-refractivity contribution in [1.29, 1.82) is 0 Å². The van der Waals surface area contributed by atoms with E-state index in [4.69, 9.17) is 9.26 Å². The number of hydrogen-bond donors (Lipinski definition) is 1. The minimum atomic E-state index is -0.585. The number of phenolic OH excluding ortho intramolecular Hbond substituents is 1. The molecule has 90 valence electrons. The predicted octanol–water partition coefficient (Wildman–Crippen LogP) is 2.32. The second kappa shape index (κ2) is 4.18. The molecule has 2 rings (SSSR count). The van der Waals surface area contributed by atoms with Crippen LogP contribution < -0.4 is 0 Å². The fourth-order valence-corrected chi connectivity index (χ4v) is 1.28. The Morgan fingerprint density at radius 1 is 1.24 bits per heavy atom. The number of methoxy groups -OCH3 is 1. The largest absolute Gasteiger partial charge is 0.508 e.